The number of nitrogens with zero attached hydrogens (tertiary/aromatic N) is 3. The second-order valence-electron chi connectivity index (χ2n) is 6.14. The molecule has 0 amide bonds. The van der Waals surface area contributed by atoms with Crippen molar-refractivity contribution in [3.63, 3.8) is 0 Å². The van der Waals surface area contributed by atoms with E-state index in [0.29, 0.717) is 0 Å². The molecule has 1 aliphatic rings. The molecule has 1 aliphatic heterocycles. The molecule has 0 radical (unpaired) electrons. The zero-order valence-electron chi connectivity index (χ0n) is 15.2. The number of benzene rings is 1. The van der Waals surface area contributed by atoms with Gasteiger partial charge in [0.25, 0.3) is 0 Å². The molecule has 0 bridgehead atoms. The number of carbonyl (C=O) groups is 2. The minimum absolute atomic E-state index is 0.0990. The molecule has 0 unspecified atom stereocenters. The summed E-state index contributed by atoms with van der Waals surface area (Å²) in [6.45, 7) is 2.42. The van der Waals surface area contributed by atoms with Crippen molar-refractivity contribution in [1.82, 2.24) is 14.8 Å². The van der Waals surface area contributed by atoms with Crippen LogP contribution in [0.15, 0.2) is 36.7 Å². The first-order chi connectivity index (χ1) is 13.3. The van der Waals surface area contributed by atoms with E-state index < -0.39 is 43.1 Å². The maximum atomic E-state index is 12.7. The van der Waals surface area contributed by atoms with E-state index in [1.165, 1.54) is 37.0 Å². The number of rotatable bonds is 6. The van der Waals surface area contributed by atoms with Crippen LogP contribution in [0.3, 0.4) is 0 Å². The van der Waals surface area contributed by atoms with Crippen LogP contribution in [0.5, 0.6) is 0 Å². The van der Waals surface area contributed by atoms with E-state index in [9.17, 15) is 17.3 Å². The Bertz CT molecular complexity index is 958. The van der Waals surface area contributed by atoms with Crippen LogP contribution in [0.1, 0.15) is 26.5 Å². The van der Waals surface area contributed by atoms with Crippen molar-refractivity contribution in [1.29, 1.82) is 0 Å². The van der Waals surface area contributed by atoms with E-state index in [1.54, 1.807) is 18.2 Å². The summed E-state index contributed by atoms with van der Waals surface area (Å²) in [6, 6.07) is 7.93. The third-order valence-corrected chi connectivity index (χ3v) is 7.30. The Kier molecular flexibility index (Phi) is 5.87. The number of carbonyl (C=O) groups excluding carboxylic acids is 2. The first-order valence-corrected chi connectivity index (χ1v) is 11.6. The molecule has 0 spiro atoms. The van der Waals surface area contributed by atoms with Crippen LogP contribution in [0.2, 0.25) is 0 Å². The number of hydrogen-bond acceptors (Lipinski definition) is 9. The predicted molar refractivity (Wildman–Crippen MR) is 93.6 cm³/mol. The third kappa shape index (κ3) is 4.44. The Morgan fingerprint density at radius 1 is 1.21 bits per heavy atom. The quantitative estimate of drug-likeness (QED) is 0.417. The van der Waals surface area contributed by atoms with E-state index in [4.69, 9.17) is 14.2 Å². The van der Waals surface area contributed by atoms with Crippen molar-refractivity contribution in [3.8, 4) is 0 Å². The van der Waals surface area contributed by atoms with Gasteiger partial charge in [0.1, 0.15) is 0 Å². The molecular formula is C17H19N3O7Se. The van der Waals surface area contributed by atoms with Gasteiger partial charge in [-0.05, 0) is 0 Å². The fraction of sp³-hybridized carbons (Fsp3) is 0.412. The SMILES string of the molecule is CC(=O)OC[C@H]1O[C@@H](n2cnc([Se](=O)(=O)c3ccccc3)n2)C[C@@H]1OC(C)=O. The molecule has 1 aromatic heterocycles. The third-order valence-electron chi connectivity index (χ3n) is 4.03. The fourth-order valence-electron chi connectivity index (χ4n) is 2.77. The standard InChI is InChI=1S/C17H19N3O7Se/c1-11(21)25-9-15-14(26-12(2)22)8-16(27-15)20-10-18-17(19-20)28(23,24)13-6-4-3-5-7-13/h3-7,10,14-16H,8-9H2,1-2H3/t14-,15+,16+/m0/s1. The molecule has 150 valence electrons. The van der Waals surface area contributed by atoms with E-state index in [2.05, 4.69) is 10.1 Å². The van der Waals surface area contributed by atoms with Gasteiger partial charge in [0.05, 0.1) is 0 Å². The molecule has 2 aromatic rings. The summed E-state index contributed by atoms with van der Waals surface area (Å²) in [7, 11) is 0. The van der Waals surface area contributed by atoms with Gasteiger partial charge in [0, 0.05) is 0 Å². The normalized spacial score (nSPS) is 22.0. The van der Waals surface area contributed by atoms with Gasteiger partial charge in [-0.2, -0.15) is 0 Å². The molecule has 11 heteroatoms. The Balaban J connectivity index is 1.79. The summed E-state index contributed by atoms with van der Waals surface area (Å²) >= 11 is -4.74. The van der Waals surface area contributed by atoms with Crippen molar-refractivity contribution in [3.05, 3.63) is 36.7 Å². The van der Waals surface area contributed by atoms with Crippen LogP contribution in [0.25, 0.3) is 0 Å². The summed E-state index contributed by atoms with van der Waals surface area (Å²) in [5.74, 6) is -0.995. The van der Waals surface area contributed by atoms with Crippen LogP contribution in [0.4, 0.5) is 0 Å². The number of hydrogen-bond donors (Lipinski definition) is 0. The Labute approximate surface area is 162 Å². The summed E-state index contributed by atoms with van der Waals surface area (Å²) in [6.07, 6.45) is -0.596. The molecular weight excluding hydrogens is 437 g/mol. The van der Waals surface area contributed by atoms with Crippen LogP contribution < -0.4 is 9.18 Å². The Morgan fingerprint density at radius 2 is 1.93 bits per heavy atom. The van der Waals surface area contributed by atoms with Crippen LogP contribution in [-0.4, -0.2) is 58.2 Å². The predicted octanol–water partition coefficient (Wildman–Crippen LogP) is -0.522. The van der Waals surface area contributed by atoms with Gasteiger partial charge in [-0.1, -0.05) is 0 Å². The van der Waals surface area contributed by atoms with E-state index in [-0.39, 0.29) is 22.2 Å². The average molecular weight is 456 g/mol. The summed E-state index contributed by atoms with van der Waals surface area (Å²) in [5.41, 5.74) is 0. The zero-order valence-corrected chi connectivity index (χ0v) is 16.9. The van der Waals surface area contributed by atoms with Crippen molar-refractivity contribution in [2.24, 2.45) is 0 Å². The van der Waals surface area contributed by atoms with E-state index >= 15 is 0 Å². The van der Waals surface area contributed by atoms with Gasteiger partial charge in [-0.25, -0.2) is 0 Å². The minimum atomic E-state index is -4.74. The van der Waals surface area contributed by atoms with Crippen LogP contribution >= 0.6 is 0 Å². The second-order valence-corrected chi connectivity index (χ2v) is 10.0. The topological polar surface area (TPSA) is 127 Å². The molecule has 3 atom stereocenters. The van der Waals surface area contributed by atoms with E-state index in [1.807, 2.05) is 0 Å². The Hall–Kier alpha value is -2.62. The fourth-order valence-corrected chi connectivity index (χ4v) is 5.11. The Morgan fingerprint density at radius 3 is 2.57 bits per heavy atom. The van der Waals surface area contributed by atoms with Crippen LogP contribution in [0, 0.1) is 0 Å². The summed E-state index contributed by atoms with van der Waals surface area (Å²) < 4.78 is 42.4. The maximum absolute atomic E-state index is 12.7. The summed E-state index contributed by atoms with van der Waals surface area (Å²) in [4.78, 5) is 26.3. The first-order valence-electron chi connectivity index (χ1n) is 8.44. The van der Waals surface area contributed by atoms with Crippen molar-refractivity contribution < 1.29 is 31.5 Å². The molecule has 28 heavy (non-hydrogen) atoms. The molecule has 0 saturated carbocycles. The number of esters is 2. The van der Waals surface area contributed by atoms with Crippen molar-refractivity contribution >= 4 is 33.8 Å². The van der Waals surface area contributed by atoms with Gasteiger partial charge in [0.2, 0.25) is 0 Å². The molecule has 1 aromatic carbocycles. The number of aromatic nitrogens is 3. The van der Waals surface area contributed by atoms with Gasteiger partial charge in [0.15, 0.2) is 0 Å². The molecule has 2 heterocycles. The van der Waals surface area contributed by atoms with Crippen molar-refractivity contribution in [2.45, 2.75) is 38.7 Å². The van der Waals surface area contributed by atoms with Crippen molar-refractivity contribution in [2.75, 3.05) is 6.61 Å². The molecule has 0 aliphatic carbocycles. The second kappa shape index (κ2) is 8.17. The van der Waals surface area contributed by atoms with Gasteiger partial charge in [-0.15, -0.1) is 0 Å². The molecule has 0 N–H and O–H groups in total. The average Bonchev–Trinajstić information content (AvgIpc) is 3.28. The molecule has 1 saturated heterocycles. The van der Waals surface area contributed by atoms with Gasteiger partial charge in [-0.3, -0.25) is 0 Å². The van der Waals surface area contributed by atoms with E-state index in [0.717, 1.165) is 0 Å². The molecule has 3 rings (SSSR count). The van der Waals surface area contributed by atoms with Crippen LogP contribution in [-0.2, 0) is 31.5 Å². The van der Waals surface area contributed by atoms with Gasteiger partial charge < -0.3 is 0 Å². The number of ether oxygens (including phenoxy) is 3. The summed E-state index contributed by atoms with van der Waals surface area (Å²) in [5, 5.41) is 4.06. The monoisotopic (exact) mass is 457 g/mol. The zero-order chi connectivity index (χ0) is 20.3. The first kappa shape index (κ1) is 20.1. The van der Waals surface area contributed by atoms with Gasteiger partial charge >= 0.3 is 162 Å². The molecule has 10 nitrogen and oxygen atoms in total. The molecule has 1 fully saturated rings.